The molecule has 1 amide bonds. The number of likely N-dealkylation sites (N-methyl/N-ethyl adjacent to an activating group) is 1. The molecule has 1 rings (SSSR count). The Morgan fingerprint density at radius 2 is 2.20 bits per heavy atom. The van der Waals surface area contributed by atoms with Crippen molar-refractivity contribution in [2.24, 2.45) is 5.73 Å². The lowest BCUT2D eigenvalue weighted by molar-refractivity contribution is -0.127. The molecule has 0 radical (unpaired) electrons. The van der Waals surface area contributed by atoms with Gasteiger partial charge in [-0.1, -0.05) is 0 Å². The van der Waals surface area contributed by atoms with Gasteiger partial charge in [0.25, 0.3) is 0 Å². The van der Waals surface area contributed by atoms with Gasteiger partial charge in [0.1, 0.15) is 0 Å². The summed E-state index contributed by atoms with van der Waals surface area (Å²) in [7, 11) is 3.53. The molecule has 0 spiro atoms. The molecule has 0 atom stereocenters. The number of hydrogen-bond donors (Lipinski definition) is 1. The molecular weight excluding hydrogens is 210 g/mol. The van der Waals surface area contributed by atoms with Crippen LogP contribution in [0.2, 0.25) is 0 Å². The predicted molar refractivity (Wildman–Crippen MR) is 62.0 cm³/mol. The van der Waals surface area contributed by atoms with Crippen LogP contribution in [-0.2, 0) is 17.6 Å². The van der Waals surface area contributed by atoms with Crippen LogP contribution in [0.25, 0.3) is 0 Å². The van der Waals surface area contributed by atoms with E-state index in [0.717, 1.165) is 22.0 Å². The van der Waals surface area contributed by atoms with Gasteiger partial charge in [-0.05, 0) is 13.5 Å². The number of nitrogens with zero attached hydrogens (tertiary/aromatic N) is 2. The summed E-state index contributed by atoms with van der Waals surface area (Å²) < 4.78 is 0. The topological polar surface area (TPSA) is 59.2 Å². The van der Waals surface area contributed by atoms with Gasteiger partial charge in [-0.2, -0.15) is 0 Å². The van der Waals surface area contributed by atoms with E-state index in [9.17, 15) is 4.79 Å². The van der Waals surface area contributed by atoms with E-state index in [4.69, 9.17) is 5.73 Å². The highest BCUT2D eigenvalue weighted by molar-refractivity contribution is 7.11. The standard InChI is InChI=1S/C10H17N3OS/c1-7-8(6-10(14)13(2)3)15-9(12-7)4-5-11/h4-6,11H2,1-3H3. The van der Waals surface area contributed by atoms with Crippen molar-refractivity contribution in [1.29, 1.82) is 0 Å². The summed E-state index contributed by atoms with van der Waals surface area (Å²) in [5, 5.41) is 1.02. The van der Waals surface area contributed by atoms with E-state index >= 15 is 0 Å². The Kier molecular flexibility index (Phi) is 4.23. The zero-order valence-electron chi connectivity index (χ0n) is 9.41. The molecular formula is C10H17N3OS. The third kappa shape index (κ3) is 3.28. The van der Waals surface area contributed by atoms with E-state index in [2.05, 4.69) is 4.98 Å². The number of amides is 1. The minimum absolute atomic E-state index is 0.112. The number of hydrogen-bond acceptors (Lipinski definition) is 4. The van der Waals surface area contributed by atoms with E-state index in [0.29, 0.717) is 13.0 Å². The zero-order chi connectivity index (χ0) is 11.4. The second kappa shape index (κ2) is 5.23. The first kappa shape index (κ1) is 12.1. The van der Waals surface area contributed by atoms with Crippen LogP contribution in [0.1, 0.15) is 15.6 Å². The van der Waals surface area contributed by atoms with Crippen molar-refractivity contribution < 1.29 is 4.79 Å². The maximum atomic E-state index is 11.5. The summed E-state index contributed by atoms with van der Waals surface area (Å²) in [5.41, 5.74) is 6.42. The van der Waals surface area contributed by atoms with Crippen molar-refractivity contribution in [2.45, 2.75) is 19.8 Å². The van der Waals surface area contributed by atoms with Gasteiger partial charge in [-0.25, -0.2) is 4.98 Å². The summed E-state index contributed by atoms with van der Waals surface area (Å²) in [6, 6.07) is 0. The van der Waals surface area contributed by atoms with E-state index < -0.39 is 0 Å². The van der Waals surface area contributed by atoms with E-state index in [1.807, 2.05) is 6.92 Å². The van der Waals surface area contributed by atoms with Crippen molar-refractivity contribution in [2.75, 3.05) is 20.6 Å². The lowest BCUT2D eigenvalue weighted by atomic mass is 10.3. The van der Waals surface area contributed by atoms with Gasteiger partial charge >= 0.3 is 0 Å². The second-order valence-electron chi connectivity index (χ2n) is 3.62. The monoisotopic (exact) mass is 227 g/mol. The number of nitrogens with two attached hydrogens (primary N) is 1. The maximum Gasteiger partial charge on any atom is 0.227 e. The van der Waals surface area contributed by atoms with Crippen molar-refractivity contribution in [1.82, 2.24) is 9.88 Å². The molecule has 0 unspecified atom stereocenters. The lowest BCUT2D eigenvalue weighted by Gasteiger charge is -2.08. The summed E-state index contributed by atoms with van der Waals surface area (Å²) in [6.45, 7) is 2.54. The molecule has 1 aromatic rings. The van der Waals surface area contributed by atoms with E-state index in [1.165, 1.54) is 0 Å². The number of aromatic nitrogens is 1. The molecule has 0 fully saturated rings. The molecule has 5 heteroatoms. The van der Waals surface area contributed by atoms with E-state index in [-0.39, 0.29) is 5.91 Å². The fourth-order valence-corrected chi connectivity index (χ4v) is 2.25. The van der Waals surface area contributed by atoms with Crippen LogP contribution in [0.5, 0.6) is 0 Å². The first-order chi connectivity index (χ1) is 7.04. The third-order valence-electron chi connectivity index (χ3n) is 2.11. The Hall–Kier alpha value is -0.940. The van der Waals surface area contributed by atoms with Crippen LogP contribution in [0.15, 0.2) is 0 Å². The Labute approximate surface area is 94.1 Å². The SMILES string of the molecule is Cc1nc(CCN)sc1CC(=O)N(C)C. The van der Waals surface area contributed by atoms with Crippen LogP contribution in [0.3, 0.4) is 0 Å². The van der Waals surface area contributed by atoms with Crippen LogP contribution in [-0.4, -0.2) is 36.4 Å². The number of carbonyl (C=O) groups excluding carboxylic acids is 1. The Bertz CT molecular complexity index is 346. The van der Waals surface area contributed by atoms with Crippen LogP contribution >= 0.6 is 11.3 Å². The zero-order valence-corrected chi connectivity index (χ0v) is 10.2. The molecule has 0 bridgehead atoms. The molecule has 0 aliphatic heterocycles. The smallest absolute Gasteiger partial charge is 0.227 e. The number of carbonyl (C=O) groups is 1. The first-order valence-electron chi connectivity index (χ1n) is 4.90. The van der Waals surface area contributed by atoms with Crippen molar-refractivity contribution >= 4 is 17.2 Å². The summed E-state index contributed by atoms with van der Waals surface area (Å²) >= 11 is 1.59. The normalized spacial score (nSPS) is 10.4. The lowest BCUT2D eigenvalue weighted by Crippen LogP contribution is -2.23. The quantitative estimate of drug-likeness (QED) is 0.818. The minimum atomic E-state index is 0.112. The first-order valence-corrected chi connectivity index (χ1v) is 5.71. The summed E-state index contributed by atoms with van der Waals surface area (Å²) in [5.74, 6) is 0.112. The third-order valence-corrected chi connectivity index (χ3v) is 3.32. The molecule has 0 aliphatic carbocycles. The molecule has 15 heavy (non-hydrogen) atoms. The summed E-state index contributed by atoms with van der Waals surface area (Å²) in [4.78, 5) is 18.5. The van der Waals surface area contributed by atoms with Gasteiger partial charge in [-0.15, -0.1) is 11.3 Å². The molecule has 2 N–H and O–H groups in total. The van der Waals surface area contributed by atoms with Crippen molar-refractivity contribution in [3.8, 4) is 0 Å². The van der Waals surface area contributed by atoms with Crippen molar-refractivity contribution in [3.63, 3.8) is 0 Å². The molecule has 1 heterocycles. The average molecular weight is 227 g/mol. The highest BCUT2D eigenvalue weighted by atomic mass is 32.1. The molecule has 0 aliphatic rings. The van der Waals surface area contributed by atoms with Crippen LogP contribution in [0, 0.1) is 6.92 Å². The van der Waals surface area contributed by atoms with Crippen LogP contribution < -0.4 is 5.73 Å². The second-order valence-corrected chi connectivity index (χ2v) is 4.79. The Balaban J connectivity index is 2.72. The van der Waals surface area contributed by atoms with Gasteiger partial charge in [0.15, 0.2) is 0 Å². The molecule has 1 aromatic heterocycles. The molecule has 84 valence electrons. The number of aryl methyl sites for hydroxylation is 1. The Morgan fingerprint density at radius 1 is 1.53 bits per heavy atom. The molecule has 0 saturated carbocycles. The maximum absolute atomic E-state index is 11.5. The largest absolute Gasteiger partial charge is 0.349 e. The number of thiazole rings is 1. The van der Waals surface area contributed by atoms with Gasteiger partial charge in [0.05, 0.1) is 17.1 Å². The van der Waals surface area contributed by atoms with Crippen molar-refractivity contribution in [3.05, 3.63) is 15.6 Å². The number of rotatable bonds is 4. The van der Waals surface area contributed by atoms with E-state index in [1.54, 1.807) is 30.3 Å². The highest BCUT2D eigenvalue weighted by Gasteiger charge is 2.12. The highest BCUT2D eigenvalue weighted by Crippen LogP contribution is 2.19. The van der Waals surface area contributed by atoms with Gasteiger partial charge < -0.3 is 10.6 Å². The van der Waals surface area contributed by atoms with Crippen LogP contribution in [0.4, 0.5) is 0 Å². The molecule has 0 aromatic carbocycles. The van der Waals surface area contributed by atoms with Gasteiger partial charge in [-0.3, -0.25) is 4.79 Å². The fourth-order valence-electron chi connectivity index (χ4n) is 1.18. The minimum Gasteiger partial charge on any atom is -0.349 e. The van der Waals surface area contributed by atoms with Gasteiger partial charge in [0, 0.05) is 25.4 Å². The van der Waals surface area contributed by atoms with Gasteiger partial charge in [0.2, 0.25) is 5.91 Å². The predicted octanol–water partition coefficient (Wildman–Crippen LogP) is 0.583. The summed E-state index contributed by atoms with van der Waals surface area (Å²) in [6.07, 6.45) is 1.24. The molecule has 4 nitrogen and oxygen atoms in total. The molecule has 0 saturated heterocycles. The fraction of sp³-hybridized carbons (Fsp3) is 0.600. The average Bonchev–Trinajstić information content (AvgIpc) is 2.47. The Morgan fingerprint density at radius 3 is 2.73 bits per heavy atom.